The zero-order valence-corrected chi connectivity index (χ0v) is 22.2. The third kappa shape index (κ3) is 5.80. The van der Waals surface area contributed by atoms with Gasteiger partial charge in [-0.3, -0.25) is 14.1 Å². The average Bonchev–Trinajstić information content (AvgIpc) is 3.12. The van der Waals surface area contributed by atoms with Gasteiger partial charge in [-0.1, -0.05) is 52.3 Å². The summed E-state index contributed by atoms with van der Waals surface area (Å²) in [6.07, 6.45) is 1.21. The second-order valence-corrected chi connectivity index (χ2v) is 11.5. The number of nitrogens with zero attached hydrogens (tertiary/aromatic N) is 3. The highest BCUT2D eigenvalue weighted by Gasteiger charge is 2.35. The van der Waals surface area contributed by atoms with Gasteiger partial charge >= 0.3 is 0 Å². The van der Waals surface area contributed by atoms with Crippen LogP contribution >= 0.6 is 15.9 Å². The highest BCUT2D eigenvalue weighted by atomic mass is 79.9. The molecule has 3 aromatic rings. The van der Waals surface area contributed by atoms with Crippen LogP contribution in [0.2, 0.25) is 0 Å². The first kappa shape index (κ1) is 25.1. The van der Waals surface area contributed by atoms with Gasteiger partial charge in [-0.25, -0.2) is 8.42 Å². The first-order chi connectivity index (χ1) is 16.6. The molecule has 4 rings (SSSR count). The van der Waals surface area contributed by atoms with Crippen molar-refractivity contribution in [1.82, 2.24) is 4.90 Å². The maximum atomic E-state index is 13.0. The van der Waals surface area contributed by atoms with Crippen molar-refractivity contribution >= 4 is 54.6 Å². The summed E-state index contributed by atoms with van der Waals surface area (Å²) in [5.41, 5.74) is 4.30. The molecular formula is C26H27BrN4O3S. The summed E-state index contributed by atoms with van der Waals surface area (Å²) in [5, 5.41) is 2.96. The van der Waals surface area contributed by atoms with Gasteiger partial charge in [0.1, 0.15) is 5.92 Å². The van der Waals surface area contributed by atoms with Crippen molar-refractivity contribution in [1.29, 1.82) is 0 Å². The normalized spacial score (nSPS) is 15.7. The molecule has 0 aliphatic carbocycles. The number of anilines is 2. The predicted octanol–water partition coefficient (Wildman–Crippen LogP) is 4.63. The van der Waals surface area contributed by atoms with Crippen molar-refractivity contribution in [3.05, 3.63) is 88.4 Å². The molecule has 0 spiro atoms. The van der Waals surface area contributed by atoms with Crippen LogP contribution in [0.5, 0.6) is 0 Å². The molecule has 35 heavy (non-hydrogen) atoms. The molecule has 0 aromatic heterocycles. The molecular weight excluding hydrogens is 528 g/mol. The molecule has 1 unspecified atom stereocenters. The number of carbonyl (C=O) groups excluding carboxylic acids is 1. The summed E-state index contributed by atoms with van der Waals surface area (Å²) in [6, 6.07) is 22.4. The molecule has 1 heterocycles. The minimum atomic E-state index is -3.44. The molecule has 1 aliphatic rings. The molecule has 0 saturated carbocycles. The van der Waals surface area contributed by atoms with E-state index in [2.05, 4.69) is 21.2 Å². The topological polar surface area (TPSA) is 82.1 Å². The van der Waals surface area contributed by atoms with Crippen LogP contribution in [0, 0.1) is 0 Å². The Kier molecular flexibility index (Phi) is 7.39. The van der Waals surface area contributed by atoms with E-state index in [-0.39, 0.29) is 5.91 Å². The van der Waals surface area contributed by atoms with Crippen molar-refractivity contribution in [2.75, 3.05) is 43.1 Å². The van der Waals surface area contributed by atoms with Crippen LogP contribution in [-0.2, 0) is 14.8 Å². The number of halogens is 1. The lowest BCUT2D eigenvalue weighted by molar-refractivity contribution is -0.115. The minimum absolute atomic E-state index is 0.135. The smallest absolute Gasteiger partial charge is 0.238 e. The second-order valence-electron chi connectivity index (χ2n) is 8.67. The number of rotatable bonds is 8. The number of nitrogens with one attached hydrogen (secondary N) is 1. The molecule has 3 aromatic carbocycles. The minimum Gasteiger partial charge on any atom is -0.325 e. The molecule has 1 N–H and O–H groups in total. The Labute approximate surface area is 214 Å². The van der Waals surface area contributed by atoms with Crippen LogP contribution in [0.3, 0.4) is 0 Å². The summed E-state index contributed by atoms with van der Waals surface area (Å²) in [7, 11) is 0.369. The number of benzene rings is 3. The SMILES string of the molecule is CN(C)CCN(c1ccc(N=C(c2ccccc2)C2C(=O)Nc3cc(Br)ccc32)cc1)S(C)(=O)=O. The summed E-state index contributed by atoms with van der Waals surface area (Å²) in [4.78, 5) is 19.9. The number of likely N-dealkylation sites (N-methyl/N-ethyl adjacent to an activating group) is 1. The van der Waals surface area contributed by atoms with Gasteiger partial charge in [-0.15, -0.1) is 0 Å². The quantitative estimate of drug-likeness (QED) is 0.411. The van der Waals surface area contributed by atoms with Crippen LogP contribution < -0.4 is 9.62 Å². The molecule has 1 amide bonds. The van der Waals surface area contributed by atoms with Crippen LogP contribution in [0.15, 0.2) is 82.3 Å². The number of carbonyl (C=O) groups is 1. The Bertz CT molecular complexity index is 1360. The molecule has 1 aliphatic heterocycles. The van der Waals surface area contributed by atoms with E-state index in [4.69, 9.17) is 4.99 Å². The lowest BCUT2D eigenvalue weighted by atomic mass is 9.90. The summed E-state index contributed by atoms with van der Waals surface area (Å²) < 4.78 is 27.0. The van der Waals surface area contributed by atoms with Gasteiger partial charge in [0, 0.05) is 23.2 Å². The van der Waals surface area contributed by atoms with Crippen molar-refractivity contribution in [3.63, 3.8) is 0 Å². The highest BCUT2D eigenvalue weighted by molar-refractivity contribution is 9.10. The van der Waals surface area contributed by atoms with E-state index >= 15 is 0 Å². The number of aliphatic imine (C=N–C) groups is 1. The zero-order valence-electron chi connectivity index (χ0n) is 19.8. The molecule has 0 saturated heterocycles. The molecule has 0 bridgehead atoms. The largest absolute Gasteiger partial charge is 0.325 e. The van der Waals surface area contributed by atoms with Crippen molar-refractivity contribution in [2.24, 2.45) is 4.99 Å². The monoisotopic (exact) mass is 554 g/mol. The second kappa shape index (κ2) is 10.3. The van der Waals surface area contributed by atoms with E-state index in [9.17, 15) is 13.2 Å². The number of fused-ring (bicyclic) bond motifs is 1. The number of sulfonamides is 1. The third-order valence-electron chi connectivity index (χ3n) is 5.73. The van der Waals surface area contributed by atoms with Crippen molar-refractivity contribution in [3.8, 4) is 0 Å². The maximum absolute atomic E-state index is 13.0. The Balaban J connectivity index is 1.74. The Morgan fingerprint density at radius 1 is 1.00 bits per heavy atom. The van der Waals surface area contributed by atoms with E-state index < -0.39 is 15.9 Å². The fraction of sp³-hybridized carbons (Fsp3) is 0.231. The Morgan fingerprint density at radius 2 is 1.69 bits per heavy atom. The van der Waals surface area contributed by atoms with Gasteiger partial charge in [0.2, 0.25) is 15.9 Å². The van der Waals surface area contributed by atoms with Crippen LogP contribution in [0.25, 0.3) is 0 Å². The Morgan fingerprint density at radius 3 is 2.31 bits per heavy atom. The molecule has 1 atom stereocenters. The first-order valence-corrected chi connectivity index (χ1v) is 13.7. The van der Waals surface area contributed by atoms with E-state index in [1.165, 1.54) is 10.6 Å². The third-order valence-corrected chi connectivity index (χ3v) is 7.41. The van der Waals surface area contributed by atoms with Gasteiger partial charge in [0.15, 0.2) is 0 Å². The van der Waals surface area contributed by atoms with E-state index in [0.717, 1.165) is 21.3 Å². The molecule has 7 nitrogen and oxygen atoms in total. The van der Waals surface area contributed by atoms with Gasteiger partial charge in [-0.2, -0.15) is 0 Å². The van der Waals surface area contributed by atoms with E-state index in [1.54, 1.807) is 24.3 Å². The van der Waals surface area contributed by atoms with E-state index in [0.29, 0.717) is 30.2 Å². The number of amides is 1. The Hall–Kier alpha value is -3.01. The van der Waals surface area contributed by atoms with Crippen molar-refractivity contribution < 1.29 is 13.2 Å². The van der Waals surface area contributed by atoms with Crippen LogP contribution in [-0.4, -0.2) is 58.4 Å². The predicted molar refractivity (Wildman–Crippen MR) is 145 cm³/mol. The van der Waals surface area contributed by atoms with Crippen LogP contribution in [0.1, 0.15) is 17.0 Å². The van der Waals surface area contributed by atoms with Gasteiger partial charge in [0.05, 0.1) is 23.3 Å². The standard InChI is InChI=1S/C26H27BrN4O3S/c1-30(2)15-16-31(35(3,33)34)21-12-10-20(11-13-21)28-25(18-7-5-4-6-8-18)24-22-14-9-19(27)17-23(22)29-26(24)32/h4-14,17,24H,15-16H2,1-3H3,(H,29,32). The highest BCUT2D eigenvalue weighted by Crippen LogP contribution is 2.38. The summed E-state index contributed by atoms with van der Waals surface area (Å²) in [5.74, 6) is -0.697. The van der Waals surface area contributed by atoms with E-state index in [1.807, 2.05) is 67.5 Å². The fourth-order valence-corrected chi connectivity index (χ4v) is 5.30. The maximum Gasteiger partial charge on any atom is 0.238 e. The van der Waals surface area contributed by atoms with Gasteiger partial charge in [0.25, 0.3) is 0 Å². The fourth-order valence-electron chi connectivity index (χ4n) is 4.02. The van der Waals surface area contributed by atoms with Gasteiger partial charge in [-0.05, 0) is 61.6 Å². The molecule has 0 radical (unpaired) electrons. The average molecular weight is 555 g/mol. The van der Waals surface area contributed by atoms with Crippen LogP contribution in [0.4, 0.5) is 17.1 Å². The molecule has 182 valence electrons. The number of hydrogen-bond donors (Lipinski definition) is 1. The molecule has 0 fully saturated rings. The zero-order chi connectivity index (χ0) is 25.2. The first-order valence-electron chi connectivity index (χ1n) is 11.1. The summed E-state index contributed by atoms with van der Waals surface area (Å²) >= 11 is 3.46. The lowest BCUT2D eigenvalue weighted by Gasteiger charge is -2.24. The molecule has 9 heteroatoms. The number of hydrogen-bond acceptors (Lipinski definition) is 5. The van der Waals surface area contributed by atoms with Crippen molar-refractivity contribution in [2.45, 2.75) is 5.92 Å². The summed E-state index contributed by atoms with van der Waals surface area (Å²) in [6.45, 7) is 0.940. The van der Waals surface area contributed by atoms with Gasteiger partial charge < -0.3 is 10.2 Å². The lowest BCUT2D eigenvalue weighted by Crippen LogP contribution is -2.35.